The molecule has 0 aliphatic carbocycles. The molecule has 140 valence electrons. The van der Waals surface area contributed by atoms with Crippen LogP contribution in [-0.4, -0.2) is 37.9 Å². The summed E-state index contributed by atoms with van der Waals surface area (Å²) in [5.41, 5.74) is 0.950. The third-order valence-electron chi connectivity index (χ3n) is 3.66. The van der Waals surface area contributed by atoms with Gasteiger partial charge in [0.1, 0.15) is 5.75 Å². The molecule has 0 bridgehead atoms. The number of aromatic nitrogens is 2. The normalized spacial score (nSPS) is 11.2. The Hall–Kier alpha value is -3.20. The highest BCUT2D eigenvalue weighted by molar-refractivity contribution is 7.90. The molecule has 0 N–H and O–H groups in total. The molecule has 0 atom stereocenters. The molecule has 27 heavy (non-hydrogen) atoms. The van der Waals surface area contributed by atoms with E-state index in [1.54, 1.807) is 31.4 Å². The maximum atomic E-state index is 12.1. The first-order valence-corrected chi connectivity index (χ1v) is 9.70. The van der Waals surface area contributed by atoms with Gasteiger partial charge in [-0.3, -0.25) is 0 Å². The Kier molecular flexibility index (Phi) is 5.22. The molecule has 0 aliphatic heterocycles. The summed E-state index contributed by atoms with van der Waals surface area (Å²) in [6.45, 7) is -0.199. The fourth-order valence-electron chi connectivity index (χ4n) is 2.22. The zero-order valence-corrected chi connectivity index (χ0v) is 15.4. The van der Waals surface area contributed by atoms with Crippen molar-refractivity contribution in [2.75, 3.05) is 13.4 Å². The van der Waals surface area contributed by atoms with Crippen LogP contribution >= 0.6 is 0 Å². The minimum Gasteiger partial charge on any atom is -0.497 e. The molecule has 1 heterocycles. The first-order chi connectivity index (χ1) is 12.9. The minimum absolute atomic E-state index is 0.125. The Morgan fingerprint density at radius 2 is 1.74 bits per heavy atom. The van der Waals surface area contributed by atoms with Gasteiger partial charge in [0.2, 0.25) is 5.82 Å². The first kappa shape index (κ1) is 18.6. The van der Waals surface area contributed by atoms with Crippen LogP contribution < -0.4 is 4.74 Å². The van der Waals surface area contributed by atoms with E-state index in [-0.39, 0.29) is 23.0 Å². The topological polar surface area (TPSA) is 109 Å². The highest BCUT2D eigenvalue weighted by Crippen LogP contribution is 2.20. The Morgan fingerprint density at radius 3 is 2.33 bits per heavy atom. The molecule has 0 unspecified atom stereocenters. The molecule has 0 saturated heterocycles. The third-order valence-corrected chi connectivity index (χ3v) is 4.79. The molecule has 0 amide bonds. The van der Waals surface area contributed by atoms with Crippen molar-refractivity contribution in [1.82, 2.24) is 10.1 Å². The van der Waals surface area contributed by atoms with Crippen LogP contribution in [0.4, 0.5) is 0 Å². The van der Waals surface area contributed by atoms with Crippen molar-refractivity contribution >= 4 is 15.8 Å². The number of methoxy groups -OCH3 is 1. The highest BCUT2D eigenvalue weighted by atomic mass is 32.2. The van der Waals surface area contributed by atoms with Gasteiger partial charge in [-0.25, -0.2) is 13.2 Å². The summed E-state index contributed by atoms with van der Waals surface area (Å²) in [4.78, 5) is 16.3. The molecule has 1 aromatic heterocycles. The summed E-state index contributed by atoms with van der Waals surface area (Å²) in [6.07, 6.45) is 1.09. The lowest BCUT2D eigenvalue weighted by atomic mass is 10.2. The van der Waals surface area contributed by atoms with Crippen LogP contribution in [0.15, 0.2) is 57.9 Å². The number of hydrogen-bond acceptors (Lipinski definition) is 8. The van der Waals surface area contributed by atoms with E-state index in [4.69, 9.17) is 14.0 Å². The predicted molar refractivity (Wildman–Crippen MR) is 95.0 cm³/mol. The maximum absolute atomic E-state index is 12.1. The van der Waals surface area contributed by atoms with Gasteiger partial charge in [0.25, 0.3) is 5.89 Å². The van der Waals surface area contributed by atoms with Crippen LogP contribution in [-0.2, 0) is 21.2 Å². The number of benzene rings is 2. The number of rotatable bonds is 6. The van der Waals surface area contributed by atoms with E-state index in [0.717, 1.165) is 11.8 Å². The second kappa shape index (κ2) is 7.58. The quantitative estimate of drug-likeness (QED) is 0.593. The second-order valence-corrected chi connectivity index (χ2v) is 7.63. The minimum atomic E-state index is -3.32. The monoisotopic (exact) mass is 388 g/mol. The summed E-state index contributed by atoms with van der Waals surface area (Å²) in [5.74, 6) is 0.584. The number of ether oxygens (including phenoxy) is 2. The van der Waals surface area contributed by atoms with Crippen LogP contribution in [0.2, 0.25) is 0 Å². The van der Waals surface area contributed by atoms with Gasteiger partial charge in [-0.1, -0.05) is 5.16 Å². The zero-order valence-electron chi connectivity index (χ0n) is 14.6. The number of esters is 1. The standard InChI is InChI=1S/C18H16N2O6S/c1-24-14-7-3-12(4-8-14)17-19-16(26-20-17)11-25-18(21)13-5-9-15(10-6-13)27(2,22)23/h3-10H,11H2,1-2H3. The lowest BCUT2D eigenvalue weighted by molar-refractivity contribution is 0.0429. The van der Waals surface area contributed by atoms with E-state index in [0.29, 0.717) is 11.6 Å². The van der Waals surface area contributed by atoms with E-state index in [1.807, 2.05) is 0 Å². The molecule has 3 rings (SSSR count). The fourth-order valence-corrected chi connectivity index (χ4v) is 2.85. The SMILES string of the molecule is COc1ccc(-c2noc(COC(=O)c3ccc(S(C)(=O)=O)cc3)n2)cc1. The average Bonchev–Trinajstić information content (AvgIpc) is 3.14. The fraction of sp³-hybridized carbons (Fsp3) is 0.167. The lowest BCUT2D eigenvalue weighted by Gasteiger charge is -2.03. The molecule has 9 heteroatoms. The molecular formula is C18H16N2O6S. The van der Waals surface area contributed by atoms with Crippen molar-refractivity contribution in [2.24, 2.45) is 0 Å². The lowest BCUT2D eigenvalue weighted by Crippen LogP contribution is -2.06. The van der Waals surface area contributed by atoms with Crippen molar-refractivity contribution in [3.05, 3.63) is 60.0 Å². The summed E-state index contributed by atoms with van der Waals surface area (Å²) in [7, 11) is -1.75. The van der Waals surface area contributed by atoms with E-state index < -0.39 is 15.8 Å². The van der Waals surface area contributed by atoms with Crippen molar-refractivity contribution in [3.8, 4) is 17.1 Å². The van der Waals surface area contributed by atoms with Crippen LogP contribution in [0.25, 0.3) is 11.4 Å². The number of hydrogen-bond donors (Lipinski definition) is 0. The molecular weight excluding hydrogens is 372 g/mol. The number of sulfone groups is 1. The van der Waals surface area contributed by atoms with Crippen molar-refractivity contribution < 1.29 is 27.2 Å². The summed E-state index contributed by atoms with van der Waals surface area (Å²) < 4.78 is 38.1. The Bertz CT molecular complexity index is 1040. The summed E-state index contributed by atoms with van der Waals surface area (Å²) >= 11 is 0. The van der Waals surface area contributed by atoms with E-state index in [1.165, 1.54) is 24.3 Å². The van der Waals surface area contributed by atoms with Crippen molar-refractivity contribution in [1.29, 1.82) is 0 Å². The maximum Gasteiger partial charge on any atom is 0.338 e. The predicted octanol–water partition coefficient (Wildman–Crippen LogP) is 2.51. The molecule has 0 aliphatic rings. The smallest absolute Gasteiger partial charge is 0.338 e. The molecule has 0 saturated carbocycles. The van der Waals surface area contributed by atoms with Gasteiger partial charge in [0, 0.05) is 11.8 Å². The van der Waals surface area contributed by atoms with E-state index in [2.05, 4.69) is 10.1 Å². The van der Waals surface area contributed by atoms with Crippen LogP contribution in [0.1, 0.15) is 16.2 Å². The molecule has 0 radical (unpaired) electrons. The van der Waals surface area contributed by atoms with Gasteiger partial charge in [-0.15, -0.1) is 0 Å². The number of carbonyl (C=O) groups excluding carboxylic acids is 1. The van der Waals surface area contributed by atoms with Gasteiger partial charge in [-0.05, 0) is 48.5 Å². The molecule has 3 aromatic rings. The summed E-state index contributed by atoms with van der Waals surface area (Å²) in [5, 5.41) is 3.85. The van der Waals surface area contributed by atoms with Gasteiger partial charge < -0.3 is 14.0 Å². The summed E-state index contributed by atoms with van der Waals surface area (Å²) in [6, 6.07) is 12.6. The number of nitrogens with zero attached hydrogens (tertiary/aromatic N) is 2. The van der Waals surface area contributed by atoms with Gasteiger partial charge in [0.05, 0.1) is 17.6 Å². The highest BCUT2D eigenvalue weighted by Gasteiger charge is 2.14. The van der Waals surface area contributed by atoms with E-state index >= 15 is 0 Å². The Morgan fingerprint density at radius 1 is 1.07 bits per heavy atom. The first-order valence-electron chi connectivity index (χ1n) is 7.81. The van der Waals surface area contributed by atoms with Crippen molar-refractivity contribution in [3.63, 3.8) is 0 Å². The van der Waals surface area contributed by atoms with Gasteiger partial charge in [0.15, 0.2) is 16.4 Å². The van der Waals surface area contributed by atoms with Crippen LogP contribution in [0.3, 0.4) is 0 Å². The van der Waals surface area contributed by atoms with E-state index in [9.17, 15) is 13.2 Å². The molecule has 8 nitrogen and oxygen atoms in total. The van der Waals surface area contributed by atoms with Gasteiger partial charge >= 0.3 is 5.97 Å². The van der Waals surface area contributed by atoms with Crippen LogP contribution in [0, 0.1) is 0 Å². The van der Waals surface area contributed by atoms with Crippen LogP contribution in [0.5, 0.6) is 5.75 Å². The average molecular weight is 388 g/mol. The zero-order chi connectivity index (χ0) is 19.4. The molecule has 0 fully saturated rings. The third kappa shape index (κ3) is 4.50. The van der Waals surface area contributed by atoms with Crippen molar-refractivity contribution in [2.45, 2.75) is 11.5 Å². The molecule has 0 spiro atoms. The second-order valence-electron chi connectivity index (χ2n) is 5.61. The number of carbonyl (C=O) groups is 1. The Labute approximate surface area is 155 Å². The Balaban J connectivity index is 1.63. The molecule has 2 aromatic carbocycles. The van der Waals surface area contributed by atoms with Gasteiger partial charge in [-0.2, -0.15) is 4.98 Å². The largest absolute Gasteiger partial charge is 0.497 e.